The highest BCUT2D eigenvalue weighted by Crippen LogP contribution is 2.16. The molecule has 3 aromatic rings. The largest absolute Gasteiger partial charge is 0.348 e. The minimum Gasteiger partial charge on any atom is -0.348 e. The maximum absolute atomic E-state index is 13.1. The number of hydrogen-bond donors (Lipinski definition) is 2. The molecule has 1 fully saturated rings. The molecule has 1 saturated heterocycles. The van der Waals surface area contributed by atoms with Crippen molar-refractivity contribution in [3.8, 4) is 5.69 Å². The molecule has 2 heterocycles. The van der Waals surface area contributed by atoms with Crippen LogP contribution in [0.25, 0.3) is 5.69 Å². The maximum Gasteiger partial charge on any atom is 0.270 e. The average Bonchev–Trinajstić information content (AvgIpc) is 3.13. The Morgan fingerprint density at radius 3 is 2.48 bits per heavy atom. The fraction of sp³-hybridized carbons (Fsp3) is 0.273. The number of hydrogen-bond acceptors (Lipinski definition) is 3. The Labute approximate surface area is 174 Å². The van der Waals surface area contributed by atoms with Gasteiger partial charge in [-0.1, -0.05) is 30.3 Å². The van der Waals surface area contributed by atoms with Crippen LogP contribution in [0.1, 0.15) is 28.9 Å². The van der Waals surface area contributed by atoms with Gasteiger partial charge >= 0.3 is 0 Å². The molecule has 5 nitrogen and oxygen atoms in total. The third kappa shape index (κ3) is 4.63. The van der Waals surface area contributed by atoms with Crippen molar-refractivity contribution in [2.45, 2.75) is 25.4 Å². The number of aromatic nitrogens is 2. The molecule has 150 valence electrons. The molecule has 1 amide bonds. The van der Waals surface area contributed by atoms with Gasteiger partial charge < -0.3 is 10.3 Å². The minimum absolute atomic E-state index is 0.125. The fourth-order valence-corrected chi connectivity index (χ4v) is 3.97. The van der Waals surface area contributed by atoms with E-state index >= 15 is 0 Å². The van der Waals surface area contributed by atoms with Crippen molar-refractivity contribution in [3.05, 3.63) is 82.6 Å². The molecule has 4 rings (SSSR count). The Balaban J connectivity index is 1.36. The van der Waals surface area contributed by atoms with Crippen molar-refractivity contribution in [1.29, 1.82) is 0 Å². The predicted molar refractivity (Wildman–Crippen MR) is 113 cm³/mol. The number of amides is 1. The van der Waals surface area contributed by atoms with Crippen LogP contribution in [0.2, 0.25) is 0 Å². The zero-order chi connectivity index (χ0) is 20.2. The van der Waals surface area contributed by atoms with E-state index in [4.69, 9.17) is 12.2 Å². The van der Waals surface area contributed by atoms with Crippen LogP contribution >= 0.6 is 12.2 Å². The highest BCUT2D eigenvalue weighted by molar-refractivity contribution is 7.71. The second kappa shape index (κ2) is 8.71. The summed E-state index contributed by atoms with van der Waals surface area (Å²) in [5.74, 6) is -0.340. The monoisotopic (exact) mass is 410 g/mol. The van der Waals surface area contributed by atoms with Gasteiger partial charge in [0.25, 0.3) is 5.91 Å². The molecule has 7 heteroatoms. The second-order valence-electron chi connectivity index (χ2n) is 7.30. The van der Waals surface area contributed by atoms with Gasteiger partial charge in [-0.05, 0) is 54.9 Å². The summed E-state index contributed by atoms with van der Waals surface area (Å²) in [6, 6.07) is 16.4. The molecule has 0 bridgehead atoms. The summed E-state index contributed by atoms with van der Waals surface area (Å²) in [7, 11) is 0. The Hall–Kier alpha value is -2.77. The molecule has 0 aliphatic carbocycles. The Morgan fingerprint density at radius 2 is 1.79 bits per heavy atom. The van der Waals surface area contributed by atoms with Crippen LogP contribution in [0.4, 0.5) is 4.39 Å². The first-order chi connectivity index (χ1) is 14.1. The lowest BCUT2D eigenvalue weighted by molar-refractivity contribution is 0.0902. The highest BCUT2D eigenvalue weighted by atomic mass is 32.1. The molecule has 0 saturated carbocycles. The van der Waals surface area contributed by atoms with E-state index in [2.05, 4.69) is 15.2 Å². The number of benzene rings is 2. The van der Waals surface area contributed by atoms with E-state index in [1.807, 2.05) is 42.5 Å². The van der Waals surface area contributed by atoms with Crippen LogP contribution in [0.5, 0.6) is 0 Å². The standard InChI is InChI=1S/C22H23FN4OS/c23-17-8-6-16(7-9-17)15-26-12-10-18(11-13-26)25-21(28)20-14-24-22(29)27(20)19-4-2-1-3-5-19/h1-9,14,18H,10-13,15H2,(H,24,29)(H,25,28). The number of carbonyl (C=O) groups is 1. The zero-order valence-corrected chi connectivity index (χ0v) is 16.8. The van der Waals surface area contributed by atoms with E-state index in [-0.39, 0.29) is 17.8 Å². The number of rotatable bonds is 5. The first kappa shape index (κ1) is 19.5. The quantitative estimate of drug-likeness (QED) is 0.624. The van der Waals surface area contributed by atoms with Gasteiger partial charge in [0.15, 0.2) is 4.77 Å². The van der Waals surface area contributed by atoms with E-state index < -0.39 is 0 Å². The number of carbonyl (C=O) groups excluding carboxylic acids is 1. The van der Waals surface area contributed by atoms with Crippen molar-refractivity contribution in [2.75, 3.05) is 13.1 Å². The lowest BCUT2D eigenvalue weighted by atomic mass is 10.0. The number of nitrogens with one attached hydrogen (secondary N) is 2. The van der Waals surface area contributed by atoms with Crippen molar-refractivity contribution in [3.63, 3.8) is 0 Å². The lowest BCUT2D eigenvalue weighted by Crippen LogP contribution is -2.44. The molecule has 0 spiro atoms. The number of piperidine rings is 1. The third-order valence-corrected chi connectivity index (χ3v) is 5.57. The molecular formula is C22H23FN4OS. The third-order valence-electron chi connectivity index (χ3n) is 5.27. The van der Waals surface area contributed by atoms with Gasteiger partial charge in [-0.15, -0.1) is 0 Å². The summed E-state index contributed by atoms with van der Waals surface area (Å²) < 4.78 is 15.3. The summed E-state index contributed by atoms with van der Waals surface area (Å²) in [5.41, 5.74) is 2.47. The van der Waals surface area contributed by atoms with Crippen LogP contribution in [0.15, 0.2) is 60.8 Å². The van der Waals surface area contributed by atoms with E-state index in [0.717, 1.165) is 43.7 Å². The van der Waals surface area contributed by atoms with Gasteiger partial charge in [-0.3, -0.25) is 14.3 Å². The zero-order valence-electron chi connectivity index (χ0n) is 16.0. The van der Waals surface area contributed by atoms with Gasteiger partial charge in [0, 0.05) is 37.6 Å². The van der Waals surface area contributed by atoms with E-state index in [1.165, 1.54) is 12.1 Å². The predicted octanol–water partition coefficient (Wildman–Crippen LogP) is 4.07. The van der Waals surface area contributed by atoms with E-state index in [1.54, 1.807) is 10.8 Å². The molecule has 1 aliphatic heterocycles. The van der Waals surface area contributed by atoms with Gasteiger partial charge in [0.1, 0.15) is 11.5 Å². The van der Waals surface area contributed by atoms with Gasteiger partial charge in [0.05, 0.1) is 0 Å². The number of H-pyrrole nitrogens is 1. The molecule has 0 unspecified atom stereocenters. The van der Waals surface area contributed by atoms with Crippen molar-refractivity contribution in [1.82, 2.24) is 19.8 Å². The summed E-state index contributed by atoms with van der Waals surface area (Å²) in [6.07, 6.45) is 3.42. The Bertz CT molecular complexity index is 1020. The smallest absolute Gasteiger partial charge is 0.270 e. The summed E-state index contributed by atoms with van der Waals surface area (Å²) in [4.78, 5) is 18.2. The SMILES string of the molecule is O=C(NC1CCN(Cc2ccc(F)cc2)CC1)c1c[nH]c(=S)n1-c1ccccc1. The Morgan fingerprint density at radius 1 is 1.10 bits per heavy atom. The molecule has 1 aromatic heterocycles. The number of halogens is 1. The summed E-state index contributed by atoms with van der Waals surface area (Å²) >= 11 is 5.36. The Kier molecular flexibility index (Phi) is 5.87. The van der Waals surface area contributed by atoms with Crippen molar-refractivity contribution in [2.24, 2.45) is 0 Å². The maximum atomic E-state index is 13.1. The number of nitrogens with zero attached hydrogens (tertiary/aromatic N) is 2. The number of likely N-dealkylation sites (tertiary alicyclic amines) is 1. The van der Waals surface area contributed by atoms with Crippen molar-refractivity contribution < 1.29 is 9.18 Å². The number of aromatic amines is 1. The second-order valence-corrected chi connectivity index (χ2v) is 7.69. The summed E-state index contributed by atoms with van der Waals surface area (Å²) in [6.45, 7) is 2.58. The van der Waals surface area contributed by atoms with Gasteiger partial charge in [0.2, 0.25) is 0 Å². The molecule has 1 aliphatic rings. The van der Waals surface area contributed by atoms with Crippen molar-refractivity contribution >= 4 is 18.1 Å². The first-order valence-electron chi connectivity index (χ1n) is 9.73. The summed E-state index contributed by atoms with van der Waals surface area (Å²) in [5, 5.41) is 3.15. The molecule has 29 heavy (non-hydrogen) atoms. The van der Waals surface area contributed by atoms with E-state index in [9.17, 15) is 9.18 Å². The molecule has 0 atom stereocenters. The molecule has 2 aromatic carbocycles. The molecule has 2 N–H and O–H groups in total. The molecular weight excluding hydrogens is 387 g/mol. The van der Waals surface area contributed by atoms with Crippen LogP contribution in [-0.4, -0.2) is 39.5 Å². The average molecular weight is 411 g/mol. The minimum atomic E-state index is -0.213. The first-order valence-corrected chi connectivity index (χ1v) is 10.1. The van der Waals surface area contributed by atoms with Crippen LogP contribution < -0.4 is 5.32 Å². The van der Waals surface area contributed by atoms with Crippen LogP contribution in [0, 0.1) is 10.6 Å². The lowest BCUT2D eigenvalue weighted by Gasteiger charge is -2.32. The van der Waals surface area contributed by atoms with Gasteiger partial charge in [-0.2, -0.15) is 0 Å². The normalized spacial score (nSPS) is 15.3. The molecule has 0 radical (unpaired) electrons. The topological polar surface area (TPSA) is 53.1 Å². The number of para-hydroxylation sites is 1. The van der Waals surface area contributed by atoms with Gasteiger partial charge in [-0.25, -0.2) is 4.39 Å². The highest BCUT2D eigenvalue weighted by Gasteiger charge is 2.23. The van der Waals surface area contributed by atoms with Crippen LogP contribution in [-0.2, 0) is 6.54 Å². The van der Waals surface area contributed by atoms with Crippen LogP contribution in [0.3, 0.4) is 0 Å². The number of imidazole rings is 1. The fourth-order valence-electron chi connectivity index (χ4n) is 3.71. The van der Waals surface area contributed by atoms with E-state index in [0.29, 0.717) is 10.5 Å².